The Morgan fingerprint density at radius 2 is 2.33 bits per heavy atom. The average Bonchev–Trinajstić information content (AvgIpc) is 2.49. The molecular formula is C11H19N3S. The third-order valence-corrected chi connectivity index (χ3v) is 4.11. The fraction of sp³-hybridized carbons (Fsp3) is 0.727. The SMILES string of the molecule is Cc1ncsc1CN(C)CC1(N)CCC1. The van der Waals surface area contributed by atoms with Gasteiger partial charge in [-0.2, -0.15) is 0 Å². The lowest BCUT2D eigenvalue weighted by Crippen LogP contribution is -2.54. The molecular weight excluding hydrogens is 206 g/mol. The van der Waals surface area contributed by atoms with E-state index in [1.54, 1.807) is 11.3 Å². The predicted octanol–water partition coefficient (Wildman–Crippen LogP) is 1.76. The Morgan fingerprint density at radius 1 is 1.60 bits per heavy atom. The lowest BCUT2D eigenvalue weighted by Gasteiger charge is -2.40. The van der Waals surface area contributed by atoms with Gasteiger partial charge in [-0.05, 0) is 33.2 Å². The van der Waals surface area contributed by atoms with Gasteiger partial charge in [-0.15, -0.1) is 11.3 Å². The number of aromatic nitrogens is 1. The second-order valence-electron chi connectivity index (χ2n) is 4.75. The van der Waals surface area contributed by atoms with E-state index in [0.29, 0.717) is 0 Å². The second-order valence-corrected chi connectivity index (χ2v) is 5.69. The number of aryl methyl sites for hydroxylation is 1. The second kappa shape index (κ2) is 4.20. The molecule has 2 N–H and O–H groups in total. The number of nitrogens with two attached hydrogens (primary N) is 1. The molecule has 1 fully saturated rings. The molecule has 0 aromatic carbocycles. The summed E-state index contributed by atoms with van der Waals surface area (Å²) in [6.07, 6.45) is 3.65. The highest BCUT2D eigenvalue weighted by Crippen LogP contribution is 2.30. The van der Waals surface area contributed by atoms with Crippen LogP contribution in [0.3, 0.4) is 0 Å². The summed E-state index contributed by atoms with van der Waals surface area (Å²) in [6.45, 7) is 4.06. The first-order valence-corrected chi connectivity index (χ1v) is 6.33. The summed E-state index contributed by atoms with van der Waals surface area (Å²) in [5, 5.41) is 0. The zero-order valence-corrected chi connectivity index (χ0v) is 10.3. The Morgan fingerprint density at radius 3 is 2.80 bits per heavy atom. The smallest absolute Gasteiger partial charge is 0.0798 e. The number of likely N-dealkylation sites (N-methyl/N-ethyl adjacent to an activating group) is 1. The standard InChI is InChI=1S/C11H19N3S/c1-9-10(15-8-13-9)6-14(2)7-11(12)4-3-5-11/h8H,3-7,12H2,1-2H3. The maximum absolute atomic E-state index is 6.22. The Bertz CT molecular complexity index is 330. The molecule has 0 spiro atoms. The summed E-state index contributed by atoms with van der Waals surface area (Å²) in [7, 11) is 2.14. The maximum atomic E-state index is 6.22. The molecule has 15 heavy (non-hydrogen) atoms. The molecule has 1 aromatic heterocycles. The normalized spacial score (nSPS) is 19.2. The van der Waals surface area contributed by atoms with Gasteiger partial charge in [0.1, 0.15) is 0 Å². The van der Waals surface area contributed by atoms with Gasteiger partial charge in [0.2, 0.25) is 0 Å². The van der Waals surface area contributed by atoms with Crippen molar-refractivity contribution in [3.05, 3.63) is 16.1 Å². The molecule has 1 aliphatic rings. The summed E-state index contributed by atoms with van der Waals surface area (Å²) in [5.41, 5.74) is 9.38. The van der Waals surface area contributed by atoms with Crippen LogP contribution in [0.2, 0.25) is 0 Å². The Hall–Kier alpha value is -0.450. The largest absolute Gasteiger partial charge is 0.324 e. The Kier molecular flexibility index (Phi) is 3.09. The van der Waals surface area contributed by atoms with Crippen LogP contribution in [-0.2, 0) is 6.54 Å². The molecule has 0 amide bonds. The van der Waals surface area contributed by atoms with Crippen molar-refractivity contribution in [1.82, 2.24) is 9.88 Å². The average molecular weight is 225 g/mol. The van der Waals surface area contributed by atoms with Crippen molar-refractivity contribution in [2.75, 3.05) is 13.6 Å². The van der Waals surface area contributed by atoms with E-state index in [2.05, 4.69) is 23.9 Å². The first-order chi connectivity index (χ1) is 7.09. The van der Waals surface area contributed by atoms with E-state index in [4.69, 9.17) is 5.73 Å². The molecule has 0 aliphatic heterocycles. The molecule has 1 aromatic rings. The van der Waals surface area contributed by atoms with E-state index < -0.39 is 0 Å². The molecule has 1 heterocycles. The van der Waals surface area contributed by atoms with Gasteiger partial charge in [0, 0.05) is 23.5 Å². The van der Waals surface area contributed by atoms with Gasteiger partial charge in [-0.25, -0.2) is 4.98 Å². The summed E-state index contributed by atoms with van der Waals surface area (Å²) >= 11 is 1.74. The van der Waals surface area contributed by atoms with E-state index in [-0.39, 0.29) is 5.54 Å². The van der Waals surface area contributed by atoms with Crippen LogP contribution in [0.25, 0.3) is 0 Å². The number of hydrogen-bond donors (Lipinski definition) is 1. The molecule has 3 nitrogen and oxygen atoms in total. The highest BCUT2D eigenvalue weighted by molar-refractivity contribution is 7.09. The number of thiazole rings is 1. The number of hydrogen-bond acceptors (Lipinski definition) is 4. The first kappa shape index (κ1) is 11.0. The molecule has 0 saturated heterocycles. The summed E-state index contributed by atoms with van der Waals surface area (Å²) in [5.74, 6) is 0. The van der Waals surface area contributed by atoms with Crippen LogP contribution in [0.15, 0.2) is 5.51 Å². The Labute approximate surface area is 95.3 Å². The molecule has 0 atom stereocenters. The number of nitrogens with zero attached hydrogens (tertiary/aromatic N) is 2. The summed E-state index contributed by atoms with van der Waals surface area (Å²) < 4.78 is 0. The molecule has 0 bridgehead atoms. The fourth-order valence-electron chi connectivity index (χ4n) is 2.11. The van der Waals surface area contributed by atoms with Crippen molar-refractivity contribution < 1.29 is 0 Å². The van der Waals surface area contributed by atoms with E-state index in [1.165, 1.54) is 24.1 Å². The van der Waals surface area contributed by atoms with Gasteiger partial charge in [0.15, 0.2) is 0 Å². The maximum Gasteiger partial charge on any atom is 0.0798 e. The molecule has 2 rings (SSSR count). The third-order valence-electron chi connectivity index (χ3n) is 3.19. The highest BCUT2D eigenvalue weighted by Gasteiger charge is 2.33. The summed E-state index contributed by atoms with van der Waals surface area (Å²) in [6, 6.07) is 0. The lowest BCUT2D eigenvalue weighted by molar-refractivity contribution is 0.162. The van der Waals surface area contributed by atoms with Crippen molar-refractivity contribution in [3.8, 4) is 0 Å². The van der Waals surface area contributed by atoms with Gasteiger partial charge in [0.05, 0.1) is 11.2 Å². The van der Waals surface area contributed by atoms with Crippen LogP contribution >= 0.6 is 11.3 Å². The molecule has 1 saturated carbocycles. The van der Waals surface area contributed by atoms with Crippen LogP contribution in [0.4, 0.5) is 0 Å². The molecule has 0 radical (unpaired) electrons. The number of rotatable bonds is 4. The van der Waals surface area contributed by atoms with Crippen molar-refractivity contribution >= 4 is 11.3 Å². The monoisotopic (exact) mass is 225 g/mol. The van der Waals surface area contributed by atoms with Crippen molar-refractivity contribution in [1.29, 1.82) is 0 Å². The Balaban J connectivity index is 1.87. The van der Waals surface area contributed by atoms with Gasteiger partial charge < -0.3 is 5.73 Å². The van der Waals surface area contributed by atoms with Crippen molar-refractivity contribution in [2.24, 2.45) is 5.73 Å². The minimum atomic E-state index is 0.0906. The zero-order chi connectivity index (χ0) is 10.9. The topological polar surface area (TPSA) is 42.2 Å². The third kappa shape index (κ3) is 2.56. The van der Waals surface area contributed by atoms with Gasteiger partial charge in [0.25, 0.3) is 0 Å². The van der Waals surface area contributed by atoms with E-state index in [9.17, 15) is 0 Å². The van der Waals surface area contributed by atoms with Crippen LogP contribution in [0.5, 0.6) is 0 Å². The summed E-state index contributed by atoms with van der Waals surface area (Å²) in [4.78, 5) is 7.94. The first-order valence-electron chi connectivity index (χ1n) is 5.45. The quantitative estimate of drug-likeness (QED) is 0.849. The van der Waals surface area contributed by atoms with Crippen molar-refractivity contribution in [3.63, 3.8) is 0 Å². The highest BCUT2D eigenvalue weighted by atomic mass is 32.1. The van der Waals surface area contributed by atoms with E-state index in [1.807, 2.05) is 5.51 Å². The zero-order valence-electron chi connectivity index (χ0n) is 9.49. The van der Waals surface area contributed by atoms with Crippen molar-refractivity contribution in [2.45, 2.75) is 38.3 Å². The molecule has 84 valence electrons. The van der Waals surface area contributed by atoms with E-state index in [0.717, 1.165) is 18.8 Å². The lowest BCUT2D eigenvalue weighted by atomic mass is 9.77. The molecule has 0 unspecified atom stereocenters. The van der Waals surface area contributed by atoms with Crippen LogP contribution in [0, 0.1) is 6.92 Å². The fourth-order valence-corrected chi connectivity index (χ4v) is 2.96. The predicted molar refractivity (Wildman–Crippen MR) is 64.0 cm³/mol. The van der Waals surface area contributed by atoms with Crippen LogP contribution in [-0.4, -0.2) is 29.0 Å². The van der Waals surface area contributed by atoms with Gasteiger partial charge in [-0.1, -0.05) is 0 Å². The van der Waals surface area contributed by atoms with E-state index >= 15 is 0 Å². The molecule has 4 heteroatoms. The van der Waals surface area contributed by atoms with Gasteiger partial charge >= 0.3 is 0 Å². The minimum absolute atomic E-state index is 0.0906. The van der Waals surface area contributed by atoms with Gasteiger partial charge in [-0.3, -0.25) is 4.90 Å². The van der Waals surface area contributed by atoms with Crippen LogP contribution in [0.1, 0.15) is 29.8 Å². The molecule has 1 aliphatic carbocycles. The van der Waals surface area contributed by atoms with Crippen LogP contribution < -0.4 is 5.73 Å². The minimum Gasteiger partial charge on any atom is -0.324 e.